The van der Waals surface area contributed by atoms with Crippen molar-refractivity contribution >= 4 is 46.7 Å². The van der Waals surface area contributed by atoms with Gasteiger partial charge in [-0.1, -0.05) is 29.3 Å². The molecule has 0 amide bonds. The Hall–Kier alpha value is -0.920. The Morgan fingerprint density at radius 1 is 1.36 bits per heavy atom. The SMILES string of the molecule is S=C(NCC[NH+]1CCOCC1)N/N=C\c1ccc(Cl)cc1Cl. The molecule has 8 heteroatoms. The molecule has 1 saturated heterocycles. The van der Waals surface area contributed by atoms with Gasteiger partial charge in [0, 0.05) is 10.6 Å². The summed E-state index contributed by atoms with van der Waals surface area (Å²) in [6.07, 6.45) is 1.61. The first-order valence-electron chi connectivity index (χ1n) is 7.08. The molecule has 0 aliphatic carbocycles. The summed E-state index contributed by atoms with van der Waals surface area (Å²) in [4.78, 5) is 1.53. The van der Waals surface area contributed by atoms with E-state index in [-0.39, 0.29) is 0 Å². The van der Waals surface area contributed by atoms with E-state index in [2.05, 4.69) is 15.8 Å². The van der Waals surface area contributed by atoms with Gasteiger partial charge in [0.1, 0.15) is 13.1 Å². The van der Waals surface area contributed by atoms with Crippen LogP contribution in [0.15, 0.2) is 23.3 Å². The maximum Gasteiger partial charge on any atom is 0.187 e. The van der Waals surface area contributed by atoms with Gasteiger partial charge < -0.3 is 15.0 Å². The molecule has 0 bridgehead atoms. The zero-order valence-corrected chi connectivity index (χ0v) is 14.4. The zero-order chi connectivity index (χ0) is 15.8. The van der Waals surface area contributed by atoms with Crippen LogP contribution in [0.1, 0.15) is 5.56 Å². The Morgan fingerprint density at radius 2 is 2.14 bits per heavy atom. The van der Waals surface area contributed by atoms with Crippen molar-refractivity contribution in [1.82, 2.24) is 10.7 Å². The smallest absolute Gasteiger partial charge is 0.187 e. The summed E-state index contributed by atoms with van der Waals surface area (Å²) in [6, 6.07) is 5.23. The lowest BCUT2D eigenvalue weighted by atomic mass is 10.2. The third-order valence-corrected chi connectivity index (χ3v) is 4.09. The number of rotatable bonds is 5. The van der Waals surface area contributed by atoms with Crippen molar-refractivity contribution in [1.29, 1.82) is 0 Å². The van der Waals surface area contributed by atoms with E-state index in [1.54, 1.807) is 24.4 Å². The Bertz CT molecular complexity index is 536. The quantitative estimate of drug-likeness (QED) is 0.410. The number of hydrogen-bond donors (Lipinski definition) is 3. The summed E-state index contributed by atoms with van der Waals surface area (Å²) >= 11 is 17.1. The highest BCUT2D eigenvalue weighted by Gasteiger charge is 2.12. The normalized spacial score (nSPS) is 15.9. The van der Waals surface area contributed by atoms with Crippen LogP contribution in [-0.4, -0.2) is 50.7 Å². The molecule has 2 rings (SSSR count). The van der Waals surface area contributed by atoms with Crippen LogP contribution < -0.4 is 15.6 Å². The molecule has 1 fully saturated rings. The number of hydrazone groups is 1. The Kier molecular flexibility index (Phi) is 7.35. The van der Waals surface area contributed by atoms with Crippen molar-refractivity contribution in [3.05, 3.63) is 33.8 Å². The third kappa shape index (κ3) is 6.06. The highest BCUT2D eigenvalue weighted by molar-refractivity contribution is 7.80. The monoisotopic (exact) mass is 361 g/mol. The predicted molar refractivity (Wildman–Crippen MR) is 94.2 cm³/mol. The number of thiocarbonyl (C=S) groups is 1. The fourth-order valence-electron chi connectivity index (χ4n) is 2.07. The maximum atomic E-state index is 6.05. The van der Waals surface area contributed by atoms with Crippen LogP contribution in [0.25, 0.3) is 0 Å². The van der Waals surface area contributed by atoms with Crippen LogP contribution in [0, 0.1) is 0 Å². The van der Waals surface area contributed by atoms with Gasteiger partial charge in [-0.2, -0.15) is 5.10 Å². The first-order chi connectivity index (χ1) is 10.6. The molecular weight excluding hydrogens is 343 g/mol. The highest BCUT2D eigenvalue weighted by atomic mass is 35.5. The molecule has 1 aromatic carbocycles. The lowest BCUT2D eigenvalue weighted by Gasteiger charge is -2.23. The van der Waals surface area contributed by atoms with Gasteiger partial charge in [-0.3, -0.25) is 5.43 Å². The van der Waals surface area contributed by atoms with Gasteiger partial charge in [0.05, 0.1) is 37.5 Å². The fourth-order valence-corrected chi connectivity index (χ4v) is 2.68. The number of nitrogens with zero attached hydrogens (tertiary/aromatic N) is 1. The summed E-state index contributed by atoms with van der Waals surface area (Å²) in [5.41, 5.74) is 3.55. The van der Waals surface area contributed by atoms with E-state index in [4.69, 9.17) is 40.2 Å². The molecule has 5 nitrogen and oxygen atoms in total. The van der Waals surface area contributed by atoms with E-state index in [1.807, 2.05) is 0 Å². The second-order valence-corrected chi connectivity index (χ2v) is 6.16. The molecule has 1 aliphatic heterocycles. The van der Waals surface area contributed by atoms with Crippen LogP contribution in [0.3, 0.4) is 0 Å². The lowest BCUT2D eigenvalue weighted by molar-refractivity contribution is -0.906. The number of benzene rings is 1. The van der Waals surface area contributed by atoms with Crippen molar-refractivity contribution < 1.29 is 9.64 Å². The lowest BCUT2D eigenvalue weighted by Crippen LogP contribution is -3.14. The minimum absolute atomic E-state index is 0.494. The first-order valence-corrected chi connectivity index (χ1v) is 8.25. The van der Waals surface area contributed by atoms with Crippen molar-refractivity contribution in [2.24, 2.45) is 5.10 Å². The molecule has 0 unspecified atom stereocenters. The van der Waals surface area contributed by atoms with Crippen molar-refractivity contribution in [2.45, 2.75) is 0 Å². The molecule has 0 spiro atoms. The van der Waals surface area contributed by atoms with Crippen LogP contribution >= 0.6 is 35.4 Å². The summed E-state index contributed by atoms with van der Waals surface area (Å²) < 4.78 is 5.32. The number of morpholine rings is 1. The number of quaternary nitrogens is 1. The molecule has 3 N–H and O–H groups in total. The molecular formula is C14H19Cl2N4OS+. The summed E-state index contributed by atoms with van der Waals surface area (Å²) in [5.74, 6) is 0. The average Bonchev–Trinajstić information content (AvgIpc) is 2.50. The molecule has 0 atom stereocenters. The molecule has 1 aliphatic rings. The second-order valence-electron chi connectivity index (χ2n) is 4.90. The largest absolute Gasteiger partial charge is 0.370 e. The summed E-state index contributed by atoms with van der Waals surface area (Å²) in [5, 5.41) is 8.83. The zero-order valence-electron chi connectivity index (χ0n) is 12.1. The van der Waals surface area contributed by atoms with E-state index in [0.717, 1.165) is 45.0 Å². The third-order valence-electron chi connectivity index (χ3n) is 3.30. The summed E-state index contributed by atoms with van der Waals surface area (Å²) in [7, 11) is 0. The maximum absolute atomic E-state index is 6.05. The topological polar surface area (TPSA) is 50.1 Å². The number of nitrogens with one attached hydrogen (secondary N) is 3. The standard InChI is InChI=1S/C14H18Cl2N4OS/c15-12-2-1-11(13(16)9-12)10-18-19-14(22)17-3-4-20-5-7-21-8-6-20/h1-2,9-10H,3-8H2,(H2,17,19,22)/p+1/b18-10-. The molecule has 120 valence electrons. The van der Waals surface area contributed by atoms with Crippen molar-refractivity contribution in [2.75, 3.05) is 39.4 Å². The van der Waals surface area contributed by atoms with Crippen LogP contribution in [0.2, 0.25) is 10.0 Å². The Morgan fingerprint density at radius 3 is 2.86 bits per heavy atom. The first kappa shape index (κ1) is 17.4. The minimum atomic E-state index is 0.494. The van der Waals surface area contributed by atoms with Crippen molar-refractivity contribution in [3.63, 3.8) is 0 Å². The molecule has 0 saturated carbocycles. The van der Waals surface area contributed by atoms with Crippen molar-refractivity contribution in [3.8, 4) is 0 Å². The molecule has 0 aromatic heterocycles. The van der Waals surface area contributed by atoms with Gasteiger partial charge in [-0.15, -0.1) is 0 Å². The van der Waals surface area contributed by atoms with E-state index in [9.17, 15) is 0 Å². The van der Waals surface area contributed by atoms with Gasteiger partial charge in [0.2, 0.25) is 0 Å². The average molecular weight is 362 g/mol. The molecule has 1 aromatic rings. The fraction of sp³-hybridized carbons (Fsp3) is 0.429. The summed E-state index contributed by atoms with van der Waals surface area (Å²) in [6.45, 7) is 5.59. The van der Waals surface area contributed by atoms with Gasteiger partial charge in [-0.05, 0) is 24.4 Å². The van der Waals surface area contributed by atoms with Crippen LogP contribution in [0.5, 0.6) is 0 Å². The predicted octanol–water partition coefficient (Wildman–Crippen LogP) is 0.707. The molecule has 1 heterocycles. The van der Waals surface area contributed by atoms with E-state index in [0.29, 0.717) is 15.2 Å². The molecule has 22 heavy (non-hydrogen) atoms. The van der Waals surface area contributed by atoms with Gasteiger partial charge in [-0.25, -0.2) is 0 Å². The van der Waals surface area contributed by atoms with E-state index >= 15 is 0 Å². The highest BCUT2D eigenvalue weighted by Crippen LogP contribution is 2.19. The van der Waals surface area contributed by atoms with Crippen LogP contribution in [-0.2, 0) is 4.74 Å². The Labute approximate surface area is 145 Å². The second kappa shape index (κ2) is 9.27. The number of ether oxygens (including phenoxy) is 1. The van der Waals surface area contributed by atoms with E-state index in [1.165, 1.54) is 4.90 Å². The van der Waals surface area contributed by atoms with Gasteiger partial charge in [0.15, 0.2) is 5.11 Å². The number of halogens is 2. The van der Waals surface area contributed by atoms with Gasteiger partial charge in [0.25, 0.3) is 0 Å². The Balaban J connectivity index is 1.67. The minimum Gasteiger partial charge on any atom is -0.370 e. The molecule has 0 radical (unpaired) electrons. The van der Waals surface area contributed by atoms with Gasteiger partial charge >= 0.3 is 0 Å². The number of hydrogen-bond acceptors (Lipinski definition) is 3. The van der Waals surface area contributed by atoms with E-state index < -0.39 is 0 Å². The van der Waals surface area contributed by atoms with Crippen LogP contribution in [0.4, 0.5) is 0 Å².